The molecule has 0 aromatic carbocycles. The quantitative estimate of drug-likeness (QED) is 0.668. The Balaban J connectivity index is 2.79. The molecule has 21 heavy (non-hydrogen) atoms. The van der Waals surface area contributed by atoms with E-state index in [0.717, 1.165) is 6.20 Å². The minimum absolute atomic E-state index is 0.550. The number of amides is 1. The number of thiocarbonyl (C=S) groups is 1. The van der Waals surface area contributed by atoms with Gasteiger partial charge in [-0.2, -0.15) is 26.3 Å². The molecule has 0 saturated carbocycles. The lowest BCUT2D eigenvalue weighted by Crippen LogP contribution is -2.34. The summed E-state index contributed by atoms with van der Waals surface area (Å²) < 4.78 is 77.4. The molecular weight excluding hydrogens is 326 g/mol. The van der Waals surface area contributed by atoms with Crippen LogP contribution in [0.2, 0.25) is 0 Å². The SMILES string of the molecule is O=C(NC(=S)OCC(F)(F)F)c1cnccc1C(F)(F)F. The first-order valence-electron chi connectivity index (χ1n) is 5.07. The lowest BCUT2D eigenvalue weighted by atomic mass is 10.1. The second kappa shape index (κ2) is 6.24. The number of nitrogens with zero attached hydrogens (tertiary/aromatic N) is 1. The van der Waals surface area contributed by atoms with Gasteiger partial charge in [0, 0.05) is 12.4 Å². The summed E-state index contributed by atoms with van der Waals surface area (Å²) in [4.78, 5) is 14.9. The van der Waals surface area contributed by atoms with Crippen LogP contribution in [0.15, 0.2) is 18.5 Å². The smallest absolute Gasteiger partial charge is 0.422 e. The van der Waals surface area contributed by atoms with Gasteiger partial charge < -0.3 is 4.74 Å². The Morgan fingerprint density at radius 3 is 2.43 bits per heavy atom. The molecule has 4 nitrogen and oxygen atoms in total. The summed E-state index contributed by atoms with van der Waals surface area (Å²) in [5.41, 5.74) is -2.18. The summed E-state index contributed by atoms with van der Waals surface area (Å²) in [6.45, 7) is -1.77. The van der Waals surface area contributed by atoms with Crippen molar-refractivity contribution >= 4 is 23.3 Å². The van der Waals surface area contributed by atoms with E-state index in [2.05, 4.69) is 21.9 Å². The van der Waals surface area contributed by atoms with Crippen molar-refractivity contribution in [1.82, 2.24) is 10.3 Å². The molecule has 0 aliphatic heterocycles. The first-order chi connectivity index (χ1) is 9.50. The Labute approximate surface area is 119 Å². The molecule has 1 aromatic heterocycles. The van der Waals surface area contributed by atoms with Crippen LogP contribution in [0.4, 0.5) is 26.3 Å². The van der Waals surface area contributed by atoms with Crippen LogP contribution in [0.1, 0.15) is 15.9 Å². The third-order valence-corrected chi connectivity index (χ3v) is 2.17. The van der Waals surface area contributed by atoms with Crippen LogP contribution in [0.5, 0.6) is 0 Å². The number of alkyl halides is 6. The number of halogens is 6. The maximum Gasteiger partial charge on any atom is 0.422 e. The maximum absolute atomic E-state index is 12.6. The minimum Gasteiger partial charge on any atom is -0.461 e. The van der Waals surface area contributed by atoms with Gasteiger partial charge in [0.05, 0.1) is 11.1 Å². The van der Waals surface area contributed by atoms with Crippen molar-refractivity contribution < 1.29 is 35.9 Å². The molecule has 0 bridgehead atoms. The van der Waals surface area contributed by atoms with Crippen molar-refractivity contribution in [2.24, 2.45) is 0 Å². The topological polar surface area (TPSA) is 51.2 Å². The minimum atomic E-state index is -4.83. The van der Waals surface area contributed by atoms with Crippen molar-refractivity contribution in [3.05, 3.63) is 29.6 Å². The lowest BCUT2D eigenvalue weighted by Gasteiger charge is -2.13. The second-order valence-electron chi connectivity index (χ2n) is 3.56. The van der Waals surface area contributed by atoms with Crippen LogP contribution >= 0.6 is 12.2 Å². The first-order valence-corrected chi connectivity index (χ1v) is 5.47. The van der Waals surface area contributed by atoms with E-state index in [0.29, 0.717) is 12.3 Å². The van der Waals surface area contributed by atoms with Crippen LogP contribution in [0.25, 0.3) is 0 Å². The fourth-order valence-corrected chi connectivity index (χ4v) is 1.32. The molecule has 1 heterocycles. The average Bonchev–Trinajstić information content (AvgIpc) is 2.34. The largest absolute Gasteiger partial charge is 0.461 e. The van der Waals surface area contributed by atoms with Crippen molar-refractivity contribution in [2.75, 3.05) is 6.61 Å². The van der Waals surface area contributed by atoms with Crippen molar-refractivity contribution in [1.29, 1.82) is 0 Å². The number of hydrogen-bond donors (Lipinski definition) is 1. The molecule has 11 heteroatoms. The number of carbonyl (C=O) groups excluding carboxylic acids is 1. The van der Waals surface area contributed by atoms with Crippen molar-refractivity contribution in [3.63, 3.8) is 0 Å². The maximum atomic E-state index is 12.6. The Morgan fingerprint density at radius 1 is 1.29 bits per heavy atom. The first kappa shape index (κ1) is 17.1. The number of hydrogen-bond acceptors (Lipinski definition) is 4. The van der Waals surface area contributed by atoms with Crippen molar-refractivity contribution in [2.45, 2.75) is 12.4 Å². The van der Waals surface area contributed by atoms with E-state index in [1.165, 1.54) is 0 Å². The molecule has 0 fully saturated rings. The summed E-state index contributed by atoms with van der Waals surface area (Å²) in [6.07, 6.45) is -8.09. The number of pyridine rings is 1. The normalized spacial score (nSPS) is 11.9. The van der Waals surface area contributed by atoms with E-state index in [1.807, 2.05) is 0 Å². The average molecular weight is 332 g/mol. The molecule has 0 spiro atoms. The lowest BCUT2D eigenvalue weighted by molar-refractivity contribution is -0.156. The highest BCUT2D eigenvalue weighted by Gasteiger charge is 2.35. The zero-order chi connectivity index (χ0) is 16.3. The Hall–Kier alpha value is -1.91. The molecule has 0 aliphatic rings. The molecule has 116 valence electrons. The van der Waals surface area contributed by atoms with Gasteiger partial charge >= 0.3 is 12.4 Å². The second-order valence-corrected chi connectivity index (χ2v) is 3.94. The van der Waals surface area contributed by atoms with Gasteiger partial charge in [-0.25, -0.2) is 0 Å². The highest BCUT2D eigenvalue weighted by Crippen LogP contribution is 2.31. The zero-order valence-corrected chi connectivity index (χ0v) is 10.7. The van der Waals surface area contributed by atoms with Gasteiger partial charge in [-0.3, -0.25) is 15.1 Å². The van der Waals surface area contributed by atoms with Gasteiger partial charge in [-0.15, -0.1) is 0 Å². The van der Waals surface area contributed by atoms with Crippen LogP contribution < -0.4 is 5.32 Å². The Kier molecular flexibility index (Phi) is 5.10. The van der Waals surface area contributed by atoms with E-state index < -0.39 is 41.2 Å². The highest BCUT2D eigenvalue weighted by atomic mass is 32.1. The molecular formula is C10H6F6N2O2S. The van der Waals surface area contributed by atoms with Gasteiger partial charge in [0.15, 0.2) is 6.61 Å². The molecule has 0 aliphatic carbocycles. The molecule has 0 unspecified atom stereocenters. The fourth-order valence-electron chi connectivity index (χ4n) is 1.17. The third-order valence-electron chi connectivity index (χ3n) is 1.95. The Bertz CT molecular complexity index is 543. The van der Waals surface area contributed by atoms with E-state index in [-0.39, 0.29) is 0 Å². The summed E-state index contributed by atoms with van der Waals surface area (Å²) >= 11 is 4.28. The highest BCUT2D eigenvalue weighted by molar-refractivity contribution is 7.80. The monoisotopic (exact) mass is 332 g/mol. The predicted octanol–water partition coefficient (Wildman–Crippen LogP) is 2.69. The Morgan fingerprint density at radius 2 is 1.90 bits per heavy atom. The predicted molar refractivity (Wildman–Crippen MR) is 61.3 cm³/mol. The molecule has 0 radical (unpaired) electrons. The standard InChI is InChI=1S/C10H6F6N2O2S/c11-9(12,13)4-20-8(21)18-7(19)5-3-17-2-1-6(5)10(14,15)16/h1-3H,4H2,(H,18,19,21). The van der Waals surface area contributed by atoms with E-state index >= 15 is 0 Å². The number of rotatable bonds is 2. The van der Waals surface area contributed by atoms with E-state index in [1.54, 1.807) is 5.32 Å². The fraction of sp³-hybridized carbons (Fsp3) is 0.300. The summed E-state index contributed by atoms with van der Waals surface area (Å²) in [5, 5.41) is 0.620. The summed E-state index contributed by atoms with van der Waals surface area (Å²) in [7, 11) is 0. The molecule has 1 N–H and O–H groups in total. The van der Waals surface area contributed by atoms with E-state index in [4.69, 9.17) is 0 Å². The molecule has 1 rings (SSSR count). The number of carbonyl (C=O) groups is 1. The van der Waals surface area contributed by atoms with Crippen molar-refractivity contribution in [3.8, 4) is 0 Å². The van der Waals surface area contributed by atoms with E-state index in [9.17, 15) is 31.1 Å². The number of ether oxygens (including phenoxy) is 1. The molecule has 0 saturated heterocycles. The van der Waals surface area contributed by atoms with Gasteiger partial charge in [-0.05, 0) is 18.3 Å². The van der Waals surface area contributed by atoms with Crippen LogP contribution in [0, 0.1) is 0 Å². The van der Waals surface area contributed by atoms with Crippen LogP contribution in [-0.4, -0.2) is 28.8 Å². The number of nitrogens with one attached hydrogen (secondary N) is 1. The summed E-state index contributed by atoms with van der Waals surface area (Å²) in [5.74, 6) is -1.37. The van der Waals surface area contributed by atoms with Crippen LogP contribution in [0.3, 0.4) is 0 Å². The molecule has 1 amide bonds. The van der Waals surface area contributed by atoms with Gasteiger partial charge in [0.25, 0.3) is 11.1 Å². The molecule has 0 atom stereocenters. The summed E-state index contributed by atoms with van der Waals surface area (Å²) in [6, 6.07) is 0.550. The van der Waals surface area contributed by atoms with Gasteiger partial charge in [-0.1, -0.05) is 0 Å². The third kappa shape index (κ3) is 5.53. The van der Waals surface area contributed by atoms with Crippen LogP contribution in [-0.2, 0) is 10.9 Å². The zero-order valence-electron chi connectivity index (χ0n) is 9.88. The number of aromatic nitrogens is 1. The van der Waals surface area contributed by atoms with Gasteiger partial charge in [0.2, 0.25) is 0 Å². The van der Waals surface area contributed by atoms with Gasteiger partial charge in [0.1, 0.15) is 0 Å². The molecule has 1 aromatic rings.